The maximum atomic E-state index is 13.5. The molecule has 1 aromatic carbocycles. The second kappa shape index (κ2) is 7.58. The Kier molecular flexibility index (Phi) is 5.60. The van der Waals surface area contributed by atoms with Crippen molar-refractivity contribution >= 4 is 10.0 Å². The van der Waals surface area contributed by atoms with E-state index in [9.17, 15) is 12.8 Å². The lowest BCUT2D eigenvalue weighted by atomic mass is 10.1. The molecule has 0 unspecified atom stereocenters. The Hall–Kier alpha value is -1.57. The molecular weight excluding hydrogens is 359 g/mol. The van der Waals surface area contributed by atoms with Gasteiger partial charge in [-0.2, -0.15) is 9.57 Å². The van der Waals surface area contributed by atoms with Crippen molar-refractivity contribution in [2.75, 3.05) is 53.5 Å². The first kappa shape index (κ1) is 19.2. The Bertz CT molecular complexity index is 801. The first-order valence-electron chi connectivity index (χ1n) is 8.52. The highest BCUT2D eigenvalue weighted by molar-refractivity contribution is 7.89. The minimum Gasteiger partial charge on any atom is -0.378 e. The summed E-state index contributed by atoms with van der Waals surface area (Å²) < 4.78 is 46.2. The molecule has 0 spiro atoms. The number of likely N-dealkylation sites (N-methyl/N-ethyl adjacent to an activating group) is 1. The quantitative estimate of drug-likeness (QED) is 0.747. The third-order valence-electron chi connectivity index (χ3n) is 5.11. The summed E-state index contributed by atoms with van der Waals surface area (Å²) >= 11 is 0. The monoisotopic (exact) mass is 382 g/mol. The second-order valence-electron chi connectivity index (χ2n) is 6.83. The number of rotatable bonds is 4. The average Bonchev–Trinajstić information content (AvgIpc) is 3.12. The molecule has 0 aromatic heterocycles. The molecule has 0 aliphatic carbocycles. The number of ether oxygens (including phenoxy) is 1. The smallest absolute Gasteiger partial charge is 0.244 e. The van der Waals surface area contributed by atoms with E-state index in [1.807, 2.05) is 20.2 Å². The van der Waals surface area contributed by atoms with Gasteiger partial charge in [0.15, 0.2) is 0 Å². The van der Waals surface area contributed by atoms with Crippen LogP contribution in [0.25, 0.3) is 0 Å². The second-order valence-corrected chi connectivity index (χ2v) is 8.73. The number of hydrogen-bond donors (Lipinski definition) is 0. The van der Waals surface area contributed by atoms with Crippen LogP contribution in [0, 0.1) is 17.1 Å². The van der Waals surface area contributed by atoms with Crippen LogP contribution >= 0.6 is 0 Å². The number of nitrogens with zero attached hydrogens (tertiary/aromatic N) is 4. The van der Waals surface area contributed by atoms with E-state index in [1.54, 1.807) is 0 Å². The van der Waals surface area contributed by atoms with E-state index in [-0.39, 0.29) is 22.5 Å². The number of sulfonamides is 1. The van der Waals surface area contributed by atoms with Crippen LogP contribution in [0.4, 0.5) is 4.39 Å². The summed E-state index contributed by atoms with van der Waals surface area (Å²) in [5.41, 5.74) is -0.0364. The highest BCUT2D eigenvalue weighted by atomic mass is 32.2. The number of halogens is 1. The molecule has 0 bridgehead atoms. The third kappa shape index (κ3) is 3.61. The molecule has 142 valence electrons. The van der Waals surface area contributed by atoms with Crippen molar-refractivity contribution in [3.8, 4) is 6.07 Å². The van der Waals surface area contributed by atoms with Crippen LogP contribution in [0.2, 0.25) is 0 Å². The van der Waals surface area contributed by atoms with Crippen LogP contribution in [0.1, 0.15) is 5.56 Å². The van der Waals surface area contributed by atoms with Crippen molar-refractivity contribution < 1.29 is 17.5 Å². The molecule has 7 nitrogen and oxygen atoms in total. The van der Waals surface area contributed by atoms with Gasteiger partial charge < -0.3 is 9.64 Å². The van der Waals surface area contributed by atoms with E-state index >= 15 is 0 Å². The summed E-state index contributed by atoms with van der Waals surface area (Å²) in [4.78, 5) is 4.12. The third-order valence-corrected chi connectivity index (χ3v) is 7.05. The van der Waals surface area contributed by atoms with Crippen molar-refractivity contribution in [1.82, 2.24) is 14.1 Å². The van der Waals surface area contributed by atoms with Gasteiger partial charge in [0.25, 0.3) is 0 Å². The molecule has 0 radical (unpaired) electrons. The molecule has 2 aliphatic rings. The molecule has 2 saturated heterocycles. The van der Waals surface area contributed by atoms with Crippen molar-refractivity contribution in [3.63, 3.8) is 0 Å². The molecular formula is C17H23FN4O3S. The zero-order valence-corrected chi connectivity index (χ0v) is 15.7. The number of nitriles is 1. The summed E-state index contributed by atoms with van der Waals surface area (Å²) in [7, 11) is 0.127. The Morgan fingerprint density at radius 3 is 2.54 bits per heavy atom. The summed E-state index contributed by atoms with van der Waals surface area (Å²) in [6, 6.07) is 5.58. The van der Waals surface area contributed by atoms with E-state index in [0.717, 1.165) is 12.1 Å². The van der Waals surface area contributed by atoms with E-state index < -0.39 is 15.8 Å². The zero-order valence-electron chi connectivity index (χ0n) is 14.9. The first-order chi connectivity index (χ1) is 12.3. The van der Waals surface area contributed by atoms with Crippen molar-refractivity contribution in [1.29, 1.82) is 5.26 Å². The molecule has 2 aliphatic heterocycles. The van der Waals surface area contributed by atoms with Crippen LogP contribution in [0.15, 0.2) is 23.1 Å². The Labute approximate surface area is 153 Å². The summed E-state index contributed by atoms with van der Waals surface area (Å²) in [6.07, 6.45) is 0. The Balaban J connectivity index is 1.74. The minimum absolute atomic E-state index is 0.0364. The first-order valence-corrected chi connectivity index (χ1v) is 9.96. The lowest BCUT2D eigenvalue weighted by Gasteiger charge is -2.40. The standard InChI is InChI=1S/C17H23FN4O3S/c1-20(2)15-11-25-12-16(15)21-5-7-22(8-6-21)26(23,24)17-9-14(18)4-3-13(17)10-19/h3-4,9,15-16H,5-8,11-12H2,1-2H3/t15-,16-/m1/s1. The Morgan fingerprint density at radius 1 is 1.23 bits per heavy atom. The van der Waals surface area contributed by atoms with E-state index in [4.69, 9.17) is 10.00 Å². The molecule has 3 rings (SSSR count). The normalized spacial score (nSPS) is 25.5. The minimum atomic E-state index is -3.90. The van der Waals surface area contributed by atoms with E-state index in [1.165, 1.54) is 10.4 Å². The molecule has 0 saturated carbocycles. The summed E-state index contributed by atoms with van der Waals surface area (Å²) in [5.74, 6) is -0.668. The molecule has 26 heavy (non-hydrogen) atoms. The van der Waals surface area contributed by atoms with Gasteiger partial charge in [-0.05, 0) is 32.3 Å². The maximum Gasteiger partial charge on any atom is 0.244 e. The van der Waals surface area contributed by atoms with Gasteiger partial charge in [-0.25, -0.2) is 12.8 Å². The molecule has 9 heteroatoms. The van der Waals surface area contributed by atoms with Gasteiger partial charge in [0.1, 0.15) is 16.8 Å². The summed E-state index contributed by atoms with van der Waals surface area (Å²) in [6.45, 7) is 3.08. The average molecular weight is 382 g/mol. The fourth-order valence-electron chi connectivity index (χ4n) is 3.59. The zero-order chi connectivity index (χ0) is 18.9. The van der Waals surface area contributed by atoms with Gasteiger partial charge in [-0.1, -0.05) is 0 Å². The van der Waals surface area contributed by atoms with Gasteiger partial charge in [-0.3, -0.25) is 4.90 Å². The molecule has 2 heterocycles. The largest absolute Gasteiger partial charge is 0.378 e. The van der Waals surface area contributed by atoms with Crippen LogP contribution in [0.5, 0.6) is 0 Å². The molecule has 0 amide bonds. The fraction of sp³-hybridized carbons (Fsp3) is 0.588. The van der Waals surface area contributed by atoms with Crippen LogP contribution in [-0.4, -0.2) is 88.1 Å². The van der Waals surface area contributed by atoms with Crippen LogP contribution in [0.3, 0.4) is 0 Å². The predicted molar refractivity (Wildman–Crippen MR) is 93.5 cm³/mol. The number of benzene rings is 1. The summed E-state index contributed by atoms with van der Waals surface area (Å²) in [5, 5.41) is 9.16. The SMILES string of the molecule is CN(C)[C@@H]1COC[C@H]1N1CCN(S(=O)(=O)c2cc(F)ccc2C#N)CC1. The Morgan fingerprint density at radius 2 is 1.92 bits per heavy atom. The maximum absolute atomic E-state index is 13.5. The predicted octanol–water partition coefficient (Wildman–Crippen LogP) is 0.333. The van der Waals surface area contributed by atoms with E-state index in [2.05, 4.69) is 9.80 Å². The lowest BCUT2D eigenvalue weighted by Crippen LogP contribution is -2.56. The number of hydrogen-bond acceptors (Lipinski definition) is 6. The molecule has 2 fully saturated rings. The van der Waals surface area contributed by atoms with Gasteiger partial charge >= 0.3 is 0 Å². The molecule has 1 aromatic rings. The van der Waals surface area contributed by atoms with Crippen LogP contribution in [-0.2, 0) is 14.8 Å². The van der Waals surface area contributed by atoms with Gasteiger partial charge in [0, 0.05) is 26.2 Å². The fourth-order valence-corrected chi connectivity index (χ4v) is 5.17. The topological polar surface area (TPSA) is 76.9 Å². The van der Waals surface area contributed by atoms with Crippen molar-refractivity contribution in [2.45, 2.75) is 17.0 Å². The van der Waals surface area contributed by atoms with Gasteiger partial charge in [0.05, 0.1) is 30.9 Å². The van der Waals surface area contributed by atoms with Crippen molar-refractivity contribution in [2.24, 2.45) is 0 Å². The van der Waals surface area contributed by atoms with Crippen molar-refractivity contribution in [3.05, 3.63) is 29.6 Å². The van der Waals surface area contributed by atoms with Gasteiger partial charge in [-0.15, -0.1) is 0 Å². The number of piperazine rings is 1. The lowest BCUT2D eigenvalue weighted by molar-refractivity contribution is 0.0964. The highest BCUT2D eigenvalue weighted by Gasteiger charge is 2.38. The highest BCUT2D eigenvalue weighted by Crippen LogP contribution is 2.24. The molecule has 2 atom stereocenters. The van der Waals surface area contributed by atoms with Crippen LogP contribution < -0.4 is 0 Å². The molecule has 0 N–H and O–H groups in total. The van der Waals surface area contributed by atoms with E-state index in [0.29, 0.717) is 39.4 Å². The van der Waals surface area contributed by atoms with Gasteiger partial charge in [0.2, 0.25) is 10.0 Å².